The molecule has 0 spiro atoms. The SMILES string of the molecule is NC(=O)C12CC[N+](CC3=C(C(=O)[O-])N4C(=O)[C@@H](N)[C@H]4SC3)(CC1)CC2. The van der Waals surface area contributed by atoms with Gasteiger partial charge in [0.25, 0.3) is 0 Å². The van der Waals surface area contributed by atoms with Crippen LogP contribution in [0.25, 0.3) is 0 Å². The number of rotatable bonds is 4. The Labute approximate surface area is 149 Å². The van der Waals surface area contributed by atoms with Crippen molar-refractivity contribution >= 4 is 29.5 Å². The highest BCUT2D eigenvalue weighted by Gasteiger charge is 2.54. The first-order valence-electron chi connectivity index (χ1n) is 8.57. The molecule has 0 saturated carbocycles. The molecule has 0 aromatic rings. The number of fused-ring (bicyclic) bond motifs is 4. The van der Waals surface area contributed by atoms with Crippen molar-refractivity contribution in [1.29, 1.82) is 0 Å². The molecule has 0 radical (unpaired) electrons. The molecule has 4 N–H and O–H groups in total. The molecule has 0 aliphatic carbocycles. The van der Waals surface area contributed by atoms with Gasteiger partial charge in [0, 0.05) is 30.6 Å². The fourth-order valence-electron chi connectivity index (χ4n) is 4.77. The van der Waals surface area contributed by atoms with E-state index in [2.05, 4.69) is 0 Å². The Bertz CT molecular complexity index is 682. The fourth-order valence-corrected chi connectivity index (χ4v) is 6.05. The van der Waals surface area contributed by atoms with Crippen LogP contribution < -0.4 is 16.6 Å². The molecule has 5 heterocycles. The van der Waals surface area contributed by atoms with Crippen molar-refractivity contribution in [3.05, 3.63) is 11.3 Å². The van der Waals surface area contributed by atoms with E-state index in [0.717, 1.165) is 49.0 Å². The van der Waals surface area contributed by atoms with E-state index in [1.54, 1.807) is 0 Å². The predicted molar refractivity (Wildman–Crippen MR) is 88.3 cm³/mol. The molecule has 136 valence electrons. The minimum absolute atomic E-state index is 0.0141. The highest BCUT2D eigenvalue weighted by Crippen LogP contribution is 2.46. The molecule has 4 saturated heterocycles. The Morgan fingerprint density at radius 1 is 1.28 bits per heavy atom. The zero-order valence-corrected chi connectivity index (χ0v) is 14.7. The first kappa shape index (κ1) is 16.9. The summed E-state index contributed by atoms with van der Waals surface area (Å²) in [6, 6.07) is -0.630. The van der Waals surface area contributed by atoms with Crippen molar-refractivity contribution in [3.63, 3.8) is 0 Å². The first-order valence-corrected chi connectivity index (χ1v) is 9.62. The summed E-state index contributed by atoms with van der Waals surface area (Å²) in [4.78, 5) is 36.8. The number of nitrogens with two attached hydrogens (primary N) is 2. The van der Waals surface area contributed by atoms with E-state index < -0.39 is 12.0 Å². The van der Waals surface area contributed by atoms with E-state index in [1.165, 1.54) is 16.7 Å². The van der Waals surface area contributed by atoms with Gasteiger partial charge >= 0.3 is 0 Å². The summed E-state index contributed by atoms with van der Waals surface area (Å²) in [7, 11) is 0. The second kappa shape index (κ2) is 5.46. The normalized spacial score (nSPS) is 39.9. The molecule has 5 aliphatic rings. The number of primary amides is 1. The quantitative estimate of drug-likeness (QED) is 0.426. The maximum atomic E-state index is 12.0. The monoisotopic (exact) mass is 366 g/mol. The summed E-state index contributed by atoms with van der Waals surface area (Å²) in [6.07, 6.45) is 2.25. The standard InChI is InChI=1S/C16H22N4O4S/c17-10-12(21)19-11(14(22)23)9(8-25-13(10)19)7-20-4-1-16(2-5-20,3-6-20)15(18)24/h10,13H,1-8,17H2,(H2-,18,22,23,24)/t10-,13-,16?,20?/m1/s1. The number of nitrogens with zero attached hydrogens (tertiary/aromatic N) is 2. The maximum absolute atomic E-state index is 12.0. The third kappa shape index (κ3) is 2.32. The number of hydrogen-bond donors (Lipinski definition) is 2. The summed E-state index contributed by atoms with van der Waals surface area (Å²) >= 11 is 1.52. The van der Waals surface area contributed by atoms with E-state index in [9.17, 15) is 19.5 Å². The van der Waals surface area contributed by atoms with Crippen molar-refractivity contribution in [3.8, 4) is 0 Å². The molecular weight excluding hydrogens is 344 g/mol. The van der Waals surface area contributed by atoms with Crippen molar-refractivity contribution in [2.75, 3.05) is 31.9 Å². The molecule has 0 aromatic carbocycles. The van der Waals surface area contributed by atoms with E-state index >= 15 is 0 Å². The number of carbonyl (C=O) groups excluding carboxylic acids is 3. The second-order valence-corrected chi connectivity index (χ2v) is 8.85. The molecule has 9 heteroatoms. The molecule has 5 aliphatic heterocycles. The van der Waals surface area contributed by atoms with E-state index in [0.29, 0.717) is 12.3 Å². The van der Waals surface area contributed by atoms with Crippen LogP contribution >= 0.6 is 11.8 Å². The van der Waals surface area contributed by atoms with Gasteiger partial charge < -0.3 is 25.9 Å². The minimum atomic E-state index is -1.31. The highest BCUT2D eigenvalue weighted by atomic mass is 32.2. The lowest BCUT2D eigenvalue weighted by atomic mass is 9.70. The van der Waals surface area contributed by atoms with Gasteiger partial charge in [0.2, 0.25) is 11.8 Å². The largest absolute Gasteiger partial charge is 0.543 e. The van der Waals surface area contributed by atoms with Crippen molar-refractivity contribution in [1.82, 2.24) is 4.90 Å². The first-order chi connectivity index (χ1) is 11.8. The van der Waals surface area contributed by atoms with Gasteiger partial charge in [-0.05, 0) is 0 Å². The smallest absolute Gasteiger partial charge is 0.248 e. The highest BCUT2D eigenvalue weighted by molar-refractivity contribution is 8.00. The van der Waals surface area contributed by atoms with Gasteiger partial charge in [-0.25, -0.2) is 0 Å². The summed E-state index contributed by atoms with van der Waals surface area (Å²) in [5.41, 5.74) is 11.8. The zero-order chi connectivity index (χ0) is 18.0. The van der Waals surface area contributed by atoms with Crippen LogP contribution in [0.5, 0.6) is 0 Å². The van der Waals surface area contributed by atoms with Crippen molar-refractivity contribution < 1.29 is 24.0 Å². The average Bonchev–Trinajstić information content (AvgIpc) is 2.61. The maximum Gasteiger partial charge on any atom is 0.248 e. The van der Waals surface area contributed by atoms with Gasteiger partial charge in [-0.2, -0.15) is 0 Å². The number of aliphatic carboxylic acids is 1. The Hall–Kier alpha value is -1.58. The number of thioether (sulfide) groups is 1. The summed E-state index contributed by atoms with van der Waals surface area (Å²) < 4.78 is 0.764. The van der Waals surface area contributed by atoms with Crippen LogP contribution in [0.1, 0.15) is 19.3 Å². The van der Waals surface area contributed by atoms with Crippen LogP contribution in [-0.4, -0.2) is 70.5 Å². The number of carboxylic acids is 1. The van der Waals surface area contributed by atoms with Gasteiger partial charge in [0.1, 0.15) is 18.0 Å². The molecule has 0 aromatic heterocycles. The van der Waals surface area contributed by atoms with Gasteiger partial charge in [-0.1, -0.05) is 0 Å². The van der Waals surface area contributed by atoms with Crippen LogP contribution in [0.15, 0.2) is 11.3 Å². The fraction of sp³-hybridized carbons (Fsp3) is 0.688. The van der Waals surface area contributed by atoms with E-state index in [4.69, 9.17) is 11.5 Å². The molecule has 2 amide bonds. The molecule has 5 rings (SSSR count). The van der Waals surface area contributed by atoms with Gasteiger partial charge in [0.05, 0.1) is 36.7 Å². The van der Waals surface area contributed by atoms with Crippen LogP contribution in [0.2, 0.25) is 0 Å². The lowest BCUT2D eigenvalue weighted by Gasteiger charge is -2.55. The third-order valence-electron chi connectivity index (χ3n) is 6.52. The molecule has 2 atom stereocenters. The Balaban J connectivity index is 1.59. The van der Waals surface area contributed by atoms with Crippen LogP contribution in [0.3, 0.4) is 0 Å². The number of hydrogen-bond acceptors (Lipinski definition) is 6. The van der Waals surface area contributed by atoms with Crippen molar-refractivity contribution in [2.45, 2.75) is 30.7 Å². The van der Waals surface area contributed by atoms with E-state index in [1.807, 2.05) is 0 Å². The minimum Gasteiger partial charge on any atom is -0.543 e. The molecular formula is C16H22N4O4S. The van der Waals surface area contributed by atoms with Gasteiger partial charge in [-0.15, -0.1) is 11.8 Å². The number of β-lactam (4-membered cyclic amide) rings is 1. The van der Waals surface area contributed by atoms with Crippen LogP contribution in [0, 0.1) is 5.41 Å². The average molecular weight is 366 g/mol. The molecule has 25 heavy (non-hydrogen) atoms. The number of carboxylic acid groups (broad SMARTS) is 1. The number of amides is 2. The summed E-state index contributed by atoms with van der Waals surface area (Å²) in [6.45, 7) is 3.02. The zero-order valence-electron chi connectivity index (χ0n) is 13.9. The Morgan fingerprint density at radius 2 is 1.88 bits per heavy atom. The summed E-state index contributed by atoms with van der Waals surface area (Å²) in [5, 5.41) is 11.4. The van der Waals surface area contributed by atoms with Gasteiger partial charge in [-0.3, -0.25) is 14.5 Å². The molecule has 0 unspecified atom stereocenters. The lowest BCUT2D eigenvalue weighted by molar-refractivity contribution is -0.940. The third-order valence-corrected chi connectivity index (χ3v) is 7.89. The lowest BCUT2D eigenvalue weighted by Crippen LogP contribution is -2.70. The number of quaternary nitrogens is 1. The van der Waals surface area contributed by atoms with E-state index in [-0.39, 0.29) is 28.3 Å². The second-order valence-electron chi connectivity index (χ2n) is 7.74. The summed E-state index contributed by atoms with van der Waals surface area (Å²) in [5.74, 6) is -1.32. The molecule has 4 fully saturated rings. The number of carbonyl (C=O) groups is 3. The van der Waals surface area contributed by atoms with Crippen LogP contribution in [-0.2, 0) is 14.4 Å². The van der Waals surface area contributed by atoms with Crippen molar-refractivity contribution in [2.24, 2.45) is 16.9 Å². The van der Waals surface area contributed by atoms with Gasteiger partial charge in [0.15, 0.2) is 0 Å². The predicted octanol–water partition coefficient (Wildman–Crippen LogP) is -2.28. The topological polar surface area (TPSA) is 130 Å². The Morgan fingerprint density at radius 3 is 2.40 bits per heavy atom. The Kier molecular flexibility index (Phi) is 3.68. The number of piperidine rings is 3. The molecule has 2 bridgehead atoms. The van der Waals surface area contributed by atoms with Crippen LogP contribution in [0.4, 0.5) is 0 Å². The molecule has 8 nitrogen and oxygen atoms in total.